The van der Waals surface area contributed by atoms with Gasteiger partial charge in [-0.3, -0.25) is 4.79 Å². The van der Waals surface area contributed by atoms with Gasteiger partial charge in [0.2, 0.25) is 5.91 Å². The molecule has 0 fully saturated rings. The summed E-state index contributed by atoms with van der Waals surface area (Å²) in [7, 11) is 1.16. The van der Waals surface area contributed by atoms with E-state index in [9.17, 15) is 18.4 Å². The first kappa shape index (κ1) is 23.2. The van der Waals surface area contributed by atoms with Crippen molar-refractivity contribution < 1.29 is 23.1 Å². The lowest BCUT2D eigenvalue weighted by Crippen LogP contribution is -2.23. The van der Waals surface area contributed by atoms with E-state index in [2.05, 4.69) is 14.6 Å². The van der Waals surface area contributed by atoms with E-state index in [0.29, 0.717) is 30.5 Å². The summed E-state index contributed by atoms with van der Waals surface area (Å²) < 4.78 is 35.7. The summed E-state index contributed by atoms with van der Waals surface area (Å²) in [5.74, 6) is -2.30. The third-order valence-electron chi connectivity index (χ3n) is 5.73. The van der Waals surface area contributed by atoms with Gasteiger partial charge in [-0.05, 0) is 47.2 Å². The number of aryl methyl sites for hydroxylation is 1. The fourth-order valence-electron chi connectivity index (χ4n) is 3.96. The van der Waals surface area contributed by atoms with Gasteiger partial charge in [-0.25, -0.2) is 13.6 Å². The van der Waals surface area contributed by atoms with Crippen molar-refractivity contribution in [1.82, 2.24) is 9.88 Å². The minimum absolute atomic E-state index is 0.0321. The van der Waals surface area contributed by atoms with E-state index in [4.69, 9.17) is 0 Å². The SMILES string of the molecule is COC(=O)c1c(F)cccc1-c1ccc(CNC(=O)CCCn2ccc3ccccc32)c(F)c1. The normalized spacial score (nSPS) is 10.9. The van der Waals surface area contributed by atoms with Crippen LogP contribution in [0.2, 0.25) is 0 Å². The molecular formula is C27H24F2N2O3. The number of methoxy groups -OCH3 is 1. The number of hydrogen-bond donors (Lipinski definition) is 1. The lowest BCUT2D eigenvalue weighted by Gasteiger charge is -2.11. The van der Waals surface area contributed by atoms with Gasteiger partial charge < -0.3 is 14.6 Å². The average molecular weight is 462 g/mol. The number of fused-ring (bicyclic) bond motifs is 1. The molecule has 0 atom stereocenters. The van der Waals surface area contributed by atoms with Gasteiger partial charge >= 0.3 is 5.97 Å². The summed E-state index contributed by atoms with van der Waals surface area (Å²) in [6.45, 7) is 0.741. The molecule has 4 rings (SSSR count). The maximum absolute atomic E-state index is 14.7. The molecule has 5 nitrogen and oxygen atoms in total. The first-order chi connectivity index (χ1) is 16.5. The van der Waals surface area contributed by atoms with E-state index >= 15 is 0 Å². The Labute approximate surface area is 196 Å². The number of amides is 1. The van der Waals surface area contributed by atoms with Crippen molar-refractivity contribution in [3.63, 3.8) is 0 Å². The summed E-state index contributed by atoms with van der Waals surface area (Å²) in [4.78, 5) is 24.2. The Morgan fingerprint density at radius 3 is 2.59 bits per heavy atom. The van der Waals surface area contributed by atoms with Gasteiger partial charge in [0.15, 0.2) is 0 Å². The molecule has 1 N–H and O–H groups in total. The molecule has 1 amide bonds. The standard InChI is InChI=1S/C27H24F2N2O3/c1-34-27(33)26-21(7-4-8-22(26)28)19-11-12-20(23(29)16-19)17-30-25(32)10-5-14-31-15-13-18-6-2-3-9-24(18)31/h2-4,6-9,11-13,15-16H,5,10,14,17H2,1H3,(H,30,32). The molecule has 0 saturated carbocycles. The molecule has 0 spiro atoms. The fourth-order valence-corrected chi connectivity index (χ4v) is 3.96. The molecule has 34 heavy (non-hydrogen) atoms. The van der Waals surface area contributed by atoms with E-state index in [1.807, 2.05) is 36.5 Å². The highest BCUT2D eigenvalue weighted by Crippen LogP contribution is 2.28. The van der Waals surface area contributed by atoms with Crippen LogP contribution in [0.15, 0.2) is 72.9 Å². The van der Waals surface area contributed by atoms with Crippen molar-refractivity contribution in [3.05, 3.63) is 95.7 Å². The zero-order valence-corrected chi connectivity index (χ0v) is 18.7. The number of rotatable bonds is 8. The van der Waals surface area contributed by atoms with Crippen LogP contribution in [0.4, 0.5) is 8.78 Å². The van der Waals surface area contributed by atoms with E-state index < -0.39 is 17.6 Å². The van der Waals surface area contributed by atoms with Crippen LogP contribution in [-0.2, 0) is 22.6 Å². The number of nitrogens with one attached hydrogen (secondary N) is 1. The average Bonchev–Trinajstić information content (AvgIpc) is 3.25. The first-order valence-electron chi connectivity index (χ1n) is 10.9. The van der Waals surface area contributed by atoms with Gasteiger partial charge in [-0.15, -0.1) is 0 Å². The molecule has 0 aliphatic rings. The van der Waals surface area contributed by atoms with Gasteiger partial charge in [0.25, 0.3) is 0 Å². The number of para-hydroxylation sites is 1. The molecule has 0 unspecified atom stereocenters. The molecule has 7 heteroatoms. The Hall–Kier alpha value is -4.00. The van der Waals surface area contributed by atoms with Crippen LogP contribution < -0.4 is 5.32 Å². The molecule has 3 aromatic carbocycles. The highest BCUT2D eigenvalue weighted by atomic mass is 19.1. The number of carbonyl (C=O) groups excluding carboxylic acids is 2. The molecule has 0 bridgehead atoms. The number of esters is 1. The predicted octanol–water partition coefficient (Wildman–Crippen LogP) is 5.47. The number of aromatic nitrogens is 1. The van der Waals surface area contributed by atoms with Crippen molar-refractivity contribution in [3.8, 4) is 11.1 Å². The molecule has 0 aliphatic carbocycles. The molecule has 1 heterocycles. The summed E-state index contributed by atoms with van der Waals surface area (Å²) in [6, 6.07) is 18.5. The Morgan fingerprint density at radius 2 is 1.79 bits per heavy atom. The first-order valence-corrected chi connectivity index (χ1v) is 10.9. The summed E-state index contributed by atoms with van der Waals surface area (Å²) in [6.07, 6.45) is 2.98. The monoisotopic (exact) mass is 462 g/mol. The third kappa shape index (κ3) is 4.98. The van der Waals surface area contributed by atoms with Crippen LogP contribution in [-0.4, -0.2) is 23.6 Å². The fraction of sp³-hybridized carbons (Fsp3) is 0.185. The number of ether oxygens (including phenoxy) is 1. The van der Waals surface area contributed by atoms with E-state index in [-0.39, 0.29) is 23.6 Å². The largest absolute Gasteiger partial charge is 0.465 e. The quantitative estimate of drug-likeness (QED) is 0.353. The third-order valence-corrected chi connectivity index (χ3v) is 5.73. The van der Waals surface area contributed by atoms with Crippen LogP contribution in [0, 0.1) is 11.6 Å². The van der Waals surface area contributed by atoms with Gasteiger partial charge in [0.05, 0.1) is 7.11 Å². The number of carbonyl (C=O) groups is 2. The van der Waals surface area contributed by atoms with Gasteiger partial charge in [-0.2, -0.15) is 0 Å². The van der Waals surface area contributed by atoms with Crippen LogP contribution in [0.25, 0.3) is 22.0 Å². The highest BCUT2D eigenvalue weighted by molar-refractivity contribution is 5.97. The number of nitrogens with zero attached hydrogens (tertiary/aromatic N) is 1. The maximum Gasteiger partial charge on any atom is 0.341 e. The molecule has 0 radical (unpaired) electrons. The lowest BCUT2D eigenvalue weighted by molar-refractivity contribution is -0.121. The predicted molar refractivity (Wildman–Crippen MR) is 126 cm³/mol. The zero-order valence-electron chi connectivity index (χ0n) is 18.7. The Balaban J connectivity index is 1.36. The second-order valence-electron chi connectivity index (χ2n) is 7.91. The van der Waals surface area contributed by atoms with E-state index in [0.717, 1.165) is 24.1 Å². The number of hydrogen-bond acceptors (Lipinski definition) is 3. The van der Waals surface area contributed by atoms with Crippen LogP contribution in [0.3, 0.4) is 0 Å². The minimum Gasteiger partial charge on any atom is -0.465 e. The van der Waals surface area contributed by atoms with E-state index in [1.54, 1.807) is 6.07 Å². The van der Waals surface area contributed by atoms with Crippen molar-refractivity contribution >= 4 is 22.8 Å². The Bertz CT molecular complexity index is 1350. The smallest absolute Gasteiger partial charge is 0.341 e. The Morgan fingerprint density at radius 1 is 0.971 bits per heavy atom. The lowest BCUT2D eigenvalue weighted by atomic mass is 9.98. The summed E-state index contributed by atoms with van der Waals surface area (Å²) >= 11 is 0. The second-order valence-corrected chi connectivity index (χ2v) is 7.91. The molecule has 0 saturated heterocycles. The number of halogens is 2. The highest BCUT2D eigenvalue weighted by Gasteiger charge is 2.19. The van der Waals surface area contributed by atoms with Gasteiger partial charge in [-0.1, -0.05) is 42.5 Å². The van der Waals surface area contributed by atoms with Crippen LogP contribution in [0.5, 0.6) is 0 Å². The molecule has 1 aromatic heterocycles. The van der Waals surface area contributed by atoms with Crippen molar-refractivity contribution in [2.45, 2.75) is 25.9 Å². The molecule has 0 aliphatic heterocycles. The molecular weight excluding hydrogens is 438 g/mol. The van der Waals surface area contributed by atoms with Crippen molar-refractivity contribution in [2.75, 3.05) is 7.11 Å². The van der Waals surface area contributed by atoms with E-state index in [1.165, 1.54) is 24.3 Å². The Kier molecular flexibility index (Phi) is 7.01. The van der Waals surface area contributed by atoms with Crippen LogP contribution in [0.1, 0.15) is 28.8 Å². The van der Waals surface area contributed by atoms with Crippen molar-refractivity contribution in [2.24, 2.45) is 0 Å². The topological polar surface area (TPSA) is 60.3 Å². The molecule has 4 aromatic rings. The van der Waals surface area contributed by atoms with Crippen LogP contribution >= 0.6 is 0 Å². The van der Waals surface area contributed by atoms with Gasteiger partial charge in [0, 0.05) is 36.8 Å². The van der Waals surface area contributed by atoms with Crippen molar-refractivity contribution in [1.29, 1.82) is 0 Å². The maximum atomic E-state index is 14.7. The van der Waals surface area contributed by atoms with Gasteiger partial charge in [0.1, 0.15) is 17.2 Å². The number of benzene rings is 3. The minimum atomic E-state index is -0.835. The zero-order chi connectivity index (χ0) is 24.1. The summed E-state index contributed by atoms with van der Waals surface area (Å²) in [5, 5.41) is 3.90. The second kappa shape index (κ2) is 10.3. The summed E-state index contributed by atoms with van der Waals surface area (Å²) in [5.41, 5.74) is 1.74. The molecule has 174 valence electrons.